The second-order valence-corrected chi connectivity index (χ2v) is 3.19. The molecule has 0 aromatic heterocycles. The van der Waals surface area contributed by atoms with E-state index in [2.05, 4.69) is 0 Å². The number of rotatable bonds is 1. The Balaban J connectivity index is 2.39. The molecule has 1 unspecified atom stereocenters. The number of primary amides is 1. The number of carbonyl (C=O) groups excluding carboxylic acids is 1. The van der Waals surface area contributed by atoms with Crippen LogP contribution >= 0.6 is 0 Å². The molecule has 5 nitrogen and oxygen atoms in total. The first-order chi connectivity index (χ1) is 7.22. The summed E-state index contributed by atoms with van der Waals surface area (Å²) in [6.45, 7) is 0.169. The lowest BCUT2D eigenvalue weighted by atomic mass is 10.2. The number of para-hydroxylation sites is 2. The number of carbonyl (C=O) groups is 1. The Bertz CT molecular complexity index is 439. The highest BCUT2D eigenvalue weighted by atomic mass is 16.5. The molecule has 0 spiro atoms. The van der Waals surface area contributed by atoms with Crippen molar-refractivity contribution < 1.29 is 9.53 Å². The van der Waals surface area contributed by atoms with Gasteiger partial charge in [0.05, 0.1) is 12.2 Å². The summed E-state index contributed by atoms with van der Waals surface area (Å²) in [7, 11) is 0. The van der Waals surface area contributed by atoms with Gasteiger partial charge < -0.3 is 10.5 Å². The Morgan fingerprint density at radius 1 is 1.60 bits per heavy atom. The summed E-state index contributed by atoms with van der Waals surface area (Å²) in [4.78, 5) is 12.4. The predicted molar refractivity (Wildman–Crippen MR) is 53.0 cm³/mol. The van der Waals surface area contributed by atoms with Crippen LogP contribution in [-0.2, 0) is 4.79 Å². The van der Waals surface area contributed by atoms with Crippen LogP contribution in [0.3, 0.4) is 0 Å². The molecule has 15 heavy (non-hydrogen) atoms. The zero-order valence-electron chi connectivity index (χ0n) is 7.88. The van der Waals surface area contributed by atoms with E-state index in [1.807, 2.05) is 6.19 Å². The minimum absolute atomic E-state index is 0.169. The zero-order chi connectivity index (χ0) is 10.8. The second kappa shape index (κ2) is 3.50. The molecular formula is C10H9N3O2. The third-order valence-electron chi connectivity index (χ3n) is 2.21. The number of nitrogens with zero attached hydrogens (tertiary/aromatic N) is 2. The fourth-order valence-corrected chi connectivity index (χ4v) is 1.48. The van der Waals surface area contributed by atoms with Crippen molar-refractivity contribution in [2.24, 2.45) is 5.73 Å². The van der Waals surface area contributed by atoms with E-state index in [-0.39, 0.29) is 6.54 Å². The molecule has 0 saturated carbocycles. The summed E-state index contributed by atoms with van der Waals surface area (Å²) in [5, 5.41) is 8.91. The number of amides is 1. The minimum atomic E-state index is -0.764. The van der Waals surface area contributed by atoms with E-state index in [4.69, 9.17) is 15.7 Å². The Labute approximate surface area is 86.7 Å². The average Bonchev–Trinajstić information content (AvgIpc) is 2.27. The molecule has 1 amide bonds. The van der Waals surface area contributed by atoms with Gasteiger partial charge in [0.15, 0.2) is 12.3 Å². The van der Waals surface area contributed by atoms with Gasteiger partial charge in [-0.05, 0) is 12.1 Å². The third-order valence-corrected chi connectivity index (χ3v) is 2.21. The molecule has 1 heterocycles. The van der Waals surface area contributed by atoms with Gasteiger partial charge in [0.25, 0.3) is 5.91 Å². The first-order valence-electron chi connectivity index (χ1n) is 4.44. The van der Waals surface area contributed by atoms with Crippen LogP contribution in [0.25, 0.3) is 0 Å². The Morgan fingerprint density at radius 2 is 2.33 bits per heavy atom. The van der Waals surface area contributed by atoms with Gasteiger partial charge in [-0.3, -0.25) is 9.69 Å². The number of anilines is 1. The Hall–Kier alpha value is -2.22. The smallest absolute Gasteiger partial charge is 0.260 e. The van der Waals surface area contributed by atoms with Gasteiger partial charge in [-0.25, -0.2) is 0 Å². The standard InChI is InChI=1S/C10H9N3O2/c11-6-13-5-9(10(12)14)15-8-4-2-1-3-7(8)13/h1-4,9H,5H2,(H2,12,14). The van der Waals surface area contributed by atoms with Gasteiger partial charge in [-0.2, -0.15) is 5.26 Å². The van der Waals surface area contributed by atoms with Crippen LogP contribution in [0.5, 0.6) is 5.75 Å². The summed E-state index contributed by atoms with van der Waals surface area (Å²) in [6, 6.07) is 7.04. The topological polar surface area (TPSA) is 79.4 Å². The Morgan fingerprint density at radius 3 is 3.00 bits per heavy atom. The lowest BCUT2D eigenvalue weighted by Gasteiger charge is -2.29. The van der Waals surface area contributed by atoms with Gasteiger partial charge in [0.2, 0.25) is 0 Å². The van der Waals surface area contributed by atoms with Gasteiger partial charge in [-0.1, -0.05) is 12.1 Å². The summed E-state index contributed by atoms with van der Waals surface area (Å²) in [5.74, 6) is -0.0566. The molecule has 1 aromatic carbocycles. The van der Waals surface area contributed by atoms with Crippen LogP contribution in [0.4, 0.5) is 5.69 Å². The molecule has 0 fully saturated rings. The number of ether oxygens (including phenoxy) is 1. The Kier molecular flexibility index (Phi) is 2.18. The summed E-state index contributed by atoms with van der Waals surface area (Å²) < 4.78 is 5.36. The van der Waals surface area contributed by atoms with Crippen molar-refractivity contribution in [1.29, 1.82) is 5.26 Å². The molecule has 1 atom stereocenters. The highest BCUT2D eigenvalue weighted by Crippen LogP contribution is 2.32. The first-order valence-corrected chi connectivity index (χ1v) is 4.44. The molecule has 0 bridgehead atoms. The van der Waals surface area contributed by atoms with Gasteiger partial charge >= 0.3 is 0 Å². The van der Waals surface area contributed by atoms with Crippen molar-refractivity contribution in [3.8, 4) is 11.9 Å². The highest BCUT2D eigenvalue weighted by molar-refractivity contribution is 5.82. The molecule has 1 aromatic rings. The van der Waals surface area contributed by atoms with E-state index in [1.54, 1.807) is 24.3 Å². The molecule has 0 saturated heterocycles. The van der Waals surface area contributed by atoms with E-state index in [0.29, 0.717) is 11.4 Å². The van der Waals surface area contributed by atoms with E-state index in [0.717, 1.165) is 0 Å². The van der Waals surface area contributed by atoms with Crippen LogP contribution in [-0.4, -0.2) is 18.6 Å². The maximum Gasteiger partial charge on any atom is 0.260 e. The maximum atomic E-state index is 11.0. The van der Waals surface area contributed by atoms with E-state index in [9.17, 15) is 4.79 Å². The summed E-state index contributed by atoms with van der Waals surface area (Å²) in [5.41, 5.74) is 5.81. The monoisotopic (exact) mass is 203 g/mol. The second-order valence-electron chi connectivity index (χ2n) is 3.19. The summed E-state index contributed by atoms with van der Waals surface area (Å²) in [6.07, 6.45) is 1.23. The molecule has 2 N–H and O–H groups in total. The van der Waals surface area contributed by atoms with E-state index in [1.165, 1.54) is 4.90 Å². The normalized spacial score (nSPS) is 18.6. The summed E-state index contributed by atoms with van der Waals surface area (Å²) >= 11 is 0. The maximum absolute atomic E-state index is 11.0. The van der Waals surface area contributed by atoms with Crippen LogP contribution in [0.15, 0.2) is 24.3 Å². The largest absolute Gasteiger partial charge is 0.476 e. The van der Waals surface area contributed by atoms with Crippen LogP contribution < -0.4 is 15.4 Å². The SMILES string of the molecule is N#CN1CC(C(N)=O)Oc2ccccc21. The average molecular weight is 203 g/mol. The van der Waals surface area contributed by atoms with E-state index >= 15 is 0 Å². The third kappa shape index (κ3) is 1.57. The number of fused-ring (bicyclic) bond motifs is 1. The van der Waals surface area contributed by atoms with Crippen molar-refractivity contribution >= 4 is 11.6 Å². The van der Waals surface area contributed by atoms with Crippen molar-refractivity contribution in [3.63, 3.8) is 0 Å². The van der Waals surface area contributed by atoms with Crippen molar-refractivity contribution in [2.45, 2.75) is 6.10 Å². The molecule has 5 heteroatoms. The van der Waals surface area contributed by atoms with Crippen LogP contribution in [0, 0.1) is 11.5 Å². The fourth-order valence-electron chi connectivity index (χ4n) is 1.48. The van der Waals surface area contributed by atoms with Crippen LogP contribution in [0.1, 0.15) is 0 Å². The number of benzene rings is 1. The van der Waals surface area contributed by atoms with Crippen molar-refractivity contribution in [2.75, 3.05) is 11.4 Å². The molecule has 0 aliphatic carbocycles. The zero-order valence-corrected chi connectivity index (χ0v) is 7.88. The first kappa shape index (κ1) is 9.34. The number of hydrogen-bond acceptors (Lipinski definition) is 4. The molecule has 76 valence electrons. The molecular weight excluding hydrogens is 194 g/mol. The molecule has 1 aliphatic heterocycles. The van der Waals surface area contributed by atoms with Crippen molar-refractivity contribution in [1.82, 2.24) is 0 Å². The highest BCUT2D eigenvalue weighted by Gasteiger charge is 2.28. The molecule has 1 aliphatic rings. The number of nitriles is 1. The van der Waals surface area contributed by atoms with Gasteiger partial charge in [0, 0.05) is 0 Å². The van der Waals surface area contributed by atoms with E-state index < -0.39 is 12.0 Å². The fraction of sp³-hybridized carbons (Fsp3) is 0.200. The van der Waals surface area contributed by atoms with Gasteiger partial charge in [0.1, 0.15) is 5.75 Å². The number of hydrogen-bond donors (Lipinski definition) is 1. The molecule has 0 radical (unpaired) electrons. The lowest BCUT2D eigenvalue weighted by molar-refractivity contribution is -0.124. The van der Waals surface area contributed by atoms with Gasteiger partial charge in [-0.15, -0.1) is 0 Å². The predicted octanol–water partition coefficient (Wildman–Crippen LogP) is 0.220. The lowest BCUT2D eigenvalue weighted by Crippen LogP contribution is -2.45. The number of nitrogens with two attached hydrogens (primary N) is 1. The minimum Gasteiger partial charge on any atom is -0.476 e. The van der Waals surface area contributed by atoms with Crippen molar-refractivity contribution in [3.05, 3.63) is 24.3 Å². The quantitative estimate of drug-likeness (QED) is 0.662. The van der Waals surface area contributed by atoms with Crippen LogP contribution in [0.2, 0.25) is 0 Å². The molecule has 2 rings (SSSR count).